The SMILES string of the molecule is COCc1ccc(C(=O)N2CCC(C(=O)O)C2)cc1.Cl. The first kappa shape index (κ1) is 16.5. The number of methoxy groups -OCH3 is 1. The number of rotatable bonds is 4. The van der Waals surface area contributed by atoms with Gasteiger partial charge in [0, 0.05) is 25.8 Å². The zero-order valence-electron chi connectivity index (χ0n) is 11.2. The van der Waals surface area contributed by atoms with Gasteiger partial charge in [0.2, 0.25) is 0 Å². The largest absolute Gasteiger partial charge is 0.481 e. The molecule has 0 spiro atoms. The number of carbonyl (C=O) groups is 2. The Kier molecular flexibility index (Phi) is 5.98. The molecule has 1 aromatic carbocycles. The molecule has 0 aromatic heterocycles. The van der Waals surface area contributed by atoms with Crippen LogP contribution >= 0.6 is 12.4 Å². The van der Waals surface area contributed by atoms with E-state index in [1.54, 1.807) is 24.1 Å². The molecule has 0 bridgehead atoms. The number of carboxylic acid groups (broad SMARTS) is 1. The van der Waals surface area contributed by atoms with E-state index in [9.17, 15) is 9.59 Å². The van der Waals surface area contributed by atoms with Crippen LogP contribution in [0.2, 0.25) is 0 Å². The molecule has 1 aliphatic rings. The highest BCUT2D eigenvalue weighted by atomic mass is 35.5. The minimum atomic E-state index is -0.828. The fourth-order valence-electron chi connectivity index (χ4n) is 2.24. The molecular weight excluding hydrogens is 282 g/mol. The predicted molar refractivity (Wildman–Crippen MR) is 76.0 cm³/mol. The summed E-state index contributed by atoms with van der Waals surface area (Å²) in [5.74, 6) is -1.37. The molecule has 110 valence electrons. The van der Waals surface area contributed by atoms with Gasteiger partial charge in [-0.15, -0.1) is 12.4 Å². The second kappa shape index (κ2) is 7.26. The lowest BCUT2D eigenvalue weighted by Gasteiger charge is -2.16. The maximum atomic E-state index is 12.2. The van der Waals surface area contributed by atoms with Gasteiger partial charge in [-0.2, -0.15) is 0 Å². The summed E-state index contributed by atoms with van der Waals surface area (Å²) in [5, 5.41) is 8.93. The Labute approximate surface area is 123 Å². The Morgan fingerprint density at radius 1 is 1.35 bits per heavy atom. The van der Waals surface area contributed by atoms with Crippen LogP contribution in [0.25, 0.3) is 0 Å². The Balaban J connectivity index is 0.00000200. The third-order valence-electron chi connectivity index (χ3n) is 3.34. The highest BCUT2D eigenvalue weighted by Gasteiger charge is 2.31. The molecule has 2 rings (SSSR count). The number of likely N-dealkylation sites (tertiary alicyclic amines) is 1. The molecule has 1 aliphatic heterocycles. The van der Waals surface area contributed by atoms with Crippen LogP contribution in [0.15, 0.2) is 24.3 Å². The van der Waals surface area contributed by atoms with E-state index < -0.39 is 11.9 Å². The smallest absolute Gasteiger partial charge is 0.308 e. The summed E-state index contributed by atoms with van der Waals surface area (Å²) in [4.78, 5) is 24.7. The summed E-state index contributed by atoms with van der Waals surface area (Å²) < 4.78 is 5.01. The molecule has 5 nitrogen and oxygen atoms in total. The van der Waals surface area contributed by atoms with Crippen LogP contribution in [0, 0.1) is 5.92 Å². The summed E-state index contributed by atoms with van der Waals surface area (Å²) in [6.45, 7) is 1.32. The number of benzene rings is 1. The van der Waals surface area contributed by atoms with E-state index in [2.05, 4.69) is 0 Å². The summed E-state index contributed by atoms with van der Waals surface area (Å²) in [7, 11) is 1.62. The number of hydrogen-bond donors (Lipinski definition) is 1. The second-order valence-electron chi connectivity index (χ2n) is 4.70. The van der Waals surface area contributed by atoms with Crippen LogP contribution in [-0.4, -0.2) is 42.1 Å². The molecule has 1 fully saturated rings. The molecule has 1 amide bonds. The number of hydrogen-bond acceptors (Lipinski definition) is 3. The van der Waals surface area contributed by atoms with Crippen molar-refractivity contribution in [1.29, 1.82) is 0 Å². The van der Waals surface area contributed by atoms with Gasteiger partial charge in [0.1, 0.15) is 0 Å². The lowest BCUT2D eigenvalue weighted by Crippen LogP contribution is -2.29. The predicted octanol–water partition coefficient (Wildman–Crippen LogP) is 1.80. The van der Waals surface area contributed by atoms with Gasteiger partial charge in [-0.05, 0) is 24.1 Å². The zero-order chi connectivity index (χ0) is 13.8. The molecule has 6 heteroatoms. The first-order chi connectivity index (χ1) is 9.11. The highest BCUT2D eigenvalue weighted by Crippen LogP contribution is 2.19. The van der Waals surface area contributed by atoms with Crippen molar-refractivity contribution in [1.82, 2.24) is 4.90 Å². The summed E-state index contributed by atoms with van der Waals surface area (Å²) in [6, 6.07) is 7.21. The fourth-order valence-corrected chi connectivity index (χ4v) is 2.24. The van der Waals surface area contributed by atoms with Gasteiger partial charge in [-0.1, -0.05) is 12.1 Å². The minimum Gasteiger partial charge on any atom is -0.481 e. The molecule has 1 N–H and O–H groups in total. The van der Waals surface area contributed by atoms with Crippen molar-refractivity contribution >= 4 is 24.3 Å². The maximum Gasteiger partial charge on any atom is 0.308 e. The minimum absolute atomic E-state index is 0. The highest BCUT2D eigenvalue weighted by molar-refractivity contribution is 5.94. The van der Waals surface area contributed by atoms with Gasteiger partial charge in [0.15, 0.2) is 0 Å². The van der Waals surface area contributed by atoms with E-state index in [0.717, 1.165) is 5.56 Å². The van der Waals surface area contributed by atoms with Crippen LogP contribution in [0.1, 0.15) is 22.3 Å². The fraction of sp³-hybridized carbons (Fsp3) is 0.429. The lowest BCUT2D eigenvalue weighted by molar-refractivity contribution is -0.141. The Hall–Kier alpha value is -1.59. The molecule has 1 aromatic rings. The molecule has 20 heavy (non-hydrogen) atoms. The van der Waals surface area contributed by atoms with Crippen LogP contribution in [0.5, 0.6) is 0 Å². The molecule has 1 atom stereocenters. The lowest BCUT2D eigenvalue weighted by atomic mass is 10.1. The first-order valence-corrected chi connectivity index (χ1v) is 6.21. The maximum absolute atomic E-state index is 12.2. The van der Waals surface area contributed by atoms with Gasteiger partial charge >= 0.3 is 5.97 Å². The normalized spacial score (nSPS) is 17.6. The van der Waals surface area contributed by atoms with E-state index >= 15 is 0 Å². The Morgan fingerprint density at radius 3 is 2.50 bits per heavy atom. The van der Waals surface area contributed by atoms with E-state index in [4.69, 9.17) is 9.84 Å². The molecule has 0 radical (unpaired) electrons. The summed E-state index contributed by atoms with van der Waals surface area (Å²) >= 11 is 0. The standard InChI is InChI=1S/C14H17NO4.ClH/c1-19-9-10-2-4-11(5-3-10)13(16)15-7-6-12(8-15)14(17)18;/h2-5,12H,6-9H2,1H3,(H,17,18);1H. The second-order valence-corrected chi connectivity index (χ2v) is 4.70. The zero-order valence-corrected chi connectivity index (χ0v) is 12.1. The molecule has 1 saturated heterocycles. The van der Waals surface area contributed by atoms with Crippen molar-refractivity contribution in [2.45, 2.75) is 13.0 Å². The number of amides is 1. The Bertz CT molecular complexity index is 475. The van der Waals surface area contributed by atoms with E-state index in [1.807, 2.05) is 12.1 Å². The quantitative estimate of drug-likeness (QED) is 0.920. The topological polar surface area (TPSA) is 66.8 Å². The van der Waals surface area contributed by atoms with Crippen LogP contribution in [0.4, 0.5) is 0 Å². The average Bonchev–Trinajstić information content (AvgIpc) is 2.89. The Morgan fingerprint density at radius 2 is 2.00 bits per heavy atom. The molecule has 1 heterocycles. The van der Waals surface area contributed by atoms with Crippen LogP contribution in [0.3, 0.4) is 0 Å². The van der Waals surface area contributed by atoms with Crippen LogP contribution < -0.4 is 0 Å². The van der Waals surface area contributed by atoms with Gasteiger partial charge < -0.3 is 14.7 Å². The first-order valence-electron chi connectivity index (χ1n) is 6.21. The molecule has 0 saturated carbocycles. The van der Waals surface area contributed by atoms with E-state index in [0.29, 0.717) is 31.7 Å². The number of carboxylic acids is 1. The van der Waals surface area contributed by atoms with Gasteiger partial charge in [0.25, 0.3) is 5.91 Å². The van der Waals surface area contributed by atoms with Crippen molar-refractivity contribution in [2.75, 3.05) is 20.2 Å². The van der Waals surface area contributed by atoms with Gasteiger partial charge in [-0.25, -0.2) is 0 Å². The third kappa shape index (κ3) is 3.71. The number of aliphatic carboxylic acids is 1. The number of halogens is 1. The van der Waals surface area contributed by atoms with Gasteiger partial charge in [-0.3, -0.25) is 9.59 Å². The number of nitrogens with zero attached hydrogens (tertiary/aromatic N) is 1. The van der Waals surface area contributed by atoms with Crippen molar-refractivity contribution in [2.24, 2.45) is 5.92 Å². The third-order valence-corrected chi connectivity index (χ3v) is 3.34. The van der Waals surface area contributed by atoms with Crippen LogP contribution in [-0.2, 0) is 16.1 Å². The van der Waals surface area contributed by atoms with E-state index in [1.165, 1.54) is 0 Å². The molecule has 1 unspecified atom stereocenters. The van der Waals surface area contributed by atoms with Crippen molar-refractivity contribution in [3.05, 3.63) is 35.4 Å². The monoisotopic (exact) mass is 299 g/mol. The van der Waals surface area contributed by atoms with Crippen molar-refractivity contribution in [3.8, 4) is 0 Å². The van der Waals surface area contributed by atoms with Crippen molar-refractivity contribution in [3.63, 3.8) is 0 Å². The summed E-state index contributed by atoms with van der Waals surface area (Å²) in [6.07, 6.45) is 0.531. The van der Waals surface area contributed by atoms with Gasteiger partial charge in [0.05, 0.1) is 12.5 Å². The van der Waals surface area contributed by atoms with E-state index in [-0.39, 0.29) is 18.3 Å². The molecular formula is C14H18ClNO4. The summed E-state index contributed by atoms with van der Waals surface area (Å²) in [5.41, 5.74) is 1.59. The molecule has 0 aliphatic carbocycles. The number of carbonyl (C=O) groups excluding carboxylic acids is 1. The average molecular weight is 300 g/mol. The number of ether oxygens (including phenoxy) is 1. The van der Waals surface area contributed by atoms with Crippen molar-refractivity contribution < 1.29 is 19.4 Å².